The molecule has 1 heterocycles. The van der Waals surface area contributed by atoms with Gasteiger partial charge in [0.2, 0.25) is 0 Å². The van der Waals surface area contributed by atoms with Crippen LogP contribution in [0.2, 0.25) is 0 Å². The van der Waals surface area contributed by atoms with E-state index in [0.717, 1.165) is 6.42 Å². The Balaban J connectivity index is 3.16. The van der Waals surface area contributed by atoms with Gasteiger partial charge < -0.3 is 10.2 Å². The molecule has 4 nitrogen and oxygen atoms in total. The van der Waals surface area contributed by atoms with E-state index in [-0.39, 0.29) is 6.04 Å². The lowest BCUT2D eigenvalue weighted by Crippen LogP contribution is -2.39. The minimum atomic E-state index is -4.27. The quantitative estimate of drug-likeness (QED) is 0.835. The lowest BCUT2D eigenvalue weighted by molar-refractivity contribution is -0.120. The first-order chi connectivity index (χ1) is 9.76. The number of aromatic nitrogens is 2. The predicted molar refractivity (Wildman–Crippen MR) is 78.7 cm³/mol. The van der Waals surface area contributed by atoms with Crippen molar-refractivity contribution in [2.45, 2.75) is 52.8 Å². The van der Waals surface area contributed by atoms with Crippen LogP contribution in [-0.2, 0) is 6.42 Å². The standard InChI is InChI=1S/C14H23F3N4/c1-5-7-11-19-12(18-6-2)8-13(20-11)21(10(3)4)9-14(15,16)17/h8,10H,5-7,9H2,1-4H3,(H,18,19,20). The Morgan fingerprint density at radius 1 is 1.24 bits per heavy atom. The molecule has 0 aliphatic heterocycles. The fourth-order valence-corrected chi connectivity index (χ4v) is 1.96. The molecule has 0 amide bonds. The average molecular weight is 304 g/mol. The number of alkyl halides is 3. The van der Waals surface area contributed by atoms with Gasteiger partial charge in [-0.3, -0.25) is 0 Å². The Morgan fingerprint density at radius 3 is 2.38 bits per heavy atom. The van der Waals surface area contributed by atoms with E-state index >= 15 is 0 Å². The number of nitrogens with one attached hydrogen (secondary N) is 1. The molecule has 0 unspecified atom stereocenters. The highest BCUT2D eigenvalue weighted by atomic mass is 19.4. The number of anilines is 2. The van der Waals surface area contributed by atoms with Gasteiger partial charge >= 0.3 is 6.18 Å². The Morgan fingerprint density at radius 2 is 1.90 bits per heavy atom. The van der Waals surface area contributed by atoms with Crippen LogP contribution in [0.3, 0.4) is 0 Å². The molecule has 0 bridgehead atoms. The summed E-state index contributed by atoms with van der Waals surface area (Å²) in [6, 6.07) is 1.28. The molecule has 0 saturated carbocycles. The minimum absolute atomic E-state index is 0.300. The third-order valence-electron chi connectivity index (χ3n) is 2.86. The first-order valence-electron chi connectivity index (χ1n) is 7.22. The summed E-state index contributed by atoms with van der Waals surface area (Å²) < 4.78 is 38.2. The number of nitrogens with zero attached hydrogens (tertiary/aromatic N) is 3. The smallest absolute Gasteiger partial charge is 0.370 e. The summed E-state index contributed by atoms with van der Waals surface area (Å²) in [7, 11) is 0. The zero-order valence-corrected chi connectivity index (χ0v) is 13.0. The van der Waals surface area contributed by atoms with Gasteiger partial charge in [-0.05, 0) is 27.2 Å². The molecule has 1 N–H and O–H groups in total. The maximum absolute atomic E-state index is 12.7. The number of halogens is 3. The van der Waals surface area contributed by atoms with E-state index < -0.39 is 12.7 Å². The van der Waals surface area contributed by atoms with Crippen molar-refractivity contribution in [3.05, 3.63) is 11.9 Å². The molecule has 0 atom stereocenters. The molecule has 0 aliphatic carbocycles. The molecule has 1 aromatic heterocycles. The van der Waals surface area contributed by atoms with Crippen LogP contribution in [0.5, 0.6) is 0 Å². The van der Waals surface area contributed by atoms with Gasteiger partial charge in [0.15, 0.2) is 0 Å². The number of rotatable bonds is 7. The van der Waals surface area contributed by atoms with Crippen molar-refractivity contribution in [2.75, 3.05) is 23.3 Å². The predicted octanol–water partition coefficient (Wildman–Crippen LogP) is 3.64. The Hall–Kier alpha value is -1.53. The van der Waals surface area contributed by atoms with Gasteiger partial charge in [0, 0.05) is 25.1 Å². The van der Waals surface area contributed by atoms with E-state index in [0.29, 0.717) is 30.4 Å². The summed E-state index contributed by atoms with van der Waals surface area (Å²) in [5.74, 6) is 1.45. The molecule has 0 fully saturated rings. The normalized spacial score (nSPS) is 11.8. The first kappa shape index (κ1) is 17.5. The van der Waals surface area contributed by atoms with Crippen LogP contribution >= 0.6 is 0 Å². The van der Waals surface area contributed by atoms with Crippen LogP contribution in [-0.4, -0.2) is 35.3 Å². The molecule has 0 spiro atoms. The maximum atomic E-state index is 12.7. The van der Waals surface area contributed by atoms with Gasteiger partial charge in [-0.1, -0.05) is 6.92 Å². The van der Waals surface area contributed by atoms with Gasteiger partial charge in [0.25, 0.3) is 0 Å². The third-order valence-corrected chi connectivity index (χ3v) is 2.86. The van der Waals surface area contributed by atoms with Gasteiger partial charge in [-0.15, -0.1) is 0 Å². The van der Waals surface area contributed by atoms with Crippen molar-refractivity contribution < 1.29 is 13.2 Å². The molecule has 0 saturated heterocycles. The van der Waals surface area contributed by atoms with Crippen molar-refractivity contribution in [1.82, 2.24) is 9.97 Å². The van der Waals surface area contributed by atoms with Crippen molar-refractivity contribution in [2.24, 2.45) is 0 Å². The van der Waals surface area contributed by atoms with Gasteiger partial charge in [0.05, 0.1) is 0 Å². The second kappa shape index (κ2) is 7.47. The third kappa shape index (κ3) is 5.77. The van der Waals surface area contributed by atoms with Crippen molar-refractivity contribution in [3.8, 4) is 0 Å². The monoisotopic (exact) mass is 304 g/mol. The first-order valence-corrected chi connectivity index (χ1v) is 7.22. The molecule has 1 rings (SSSR count). The number of hydrogen-bond acceptors (Lipinski definition) is 4. The van der Waals surface area contributed by atoms with E-state index in [4.69, 9.17) is 0 Å². The van der Waals surface area contributed by atoms with Crippen molar-refractivity contribution in [3.63, 3.8) is 0 Å². The highest BCUT2D eigenvalue weighted by Gasteiger charge is 2.32. The maximum Gasteiger partial charge on any atom is 0.405 e. The summed E-state index contributed by atoms with van der Waals surface area (Å²) in [6.07, 6.45) is -2.78. The number of hydrogen-bond donors (Lipinski definition) is 1. The highest BCUT2D eigenvalue weighted by molar-refractivity contribution is 5.50. The van der Waals surface area contributed by atoms with E-state index in [1.54, 1.807) is 19.9 Å². The second-order valence-corrected chi connectivity index (χ2v) is 5.14. The van der Waals surface area contributed by atoms with E-state index in [2.05, 4.69) is 15.3 Å². The van der Waals surface area contributed by atoms with Crippen LogP contribution in [0.15, 0.2) is 6.07 Å². The van der Waals surface area contributed by atoms with Gasteiger partial charge in [-0.25, -0.2) is 9.97 Å². The zero-order valence-electron chi connectivity index (χ0n) is 13.0. The molecular weight excluding hydrogens is 281 g/mol. The lowest BCUT2D eigenvalue weighted by Gasteiger charge is -2.29. The second-order valence-electron chi connectivity index (χ2n) is 5.14. The van der Waals surface area contributed by atoms with Crippen LogP contribution in [0.4, 0.5) is 24.8 Å². The average Bonchev–Trinajstić information content (AvgIpc) is 2.35. The molecule has 0 aromatic carbocycles. The fraction of sp³-hybridized carbons (Fsp3) is 0.714. The van der Waals surface area contributed by atoms with Gasteiger partial charge in [-0.2, -0.15) is 13.2 Å². The molecular formula is C14H23F3N4. The molecule has 0 aliphatic rings. The van der Waals surface area contributed by atoms with Gasteiger partial charge in [0.1, 0.15) is 24.0 Å². The van der Waals surface area contributed by atoms with Crippen LogP contribution in [0.25, 0.3) is 0 Å². The molecule has 120 valence electrons. The summed E-state index contributed by atoms with van der Waals surface area (Å²) in [5.41, 5.74) is 0. The molecule has 1 aromatic rings. The summed E-state index contributed by atoms with van der Waals surface area (Å²) in [6.45, 7) is 6.98. The summed E-state index contributed by atoms with van der Waals surface area (Å²) >= 11 is 0. The largest absolute Gasteiger partial charge is 0.405 e. The lowest BCUT2D eigenvalue weighted by atomic mass is 10.2. The summed E-state index contributed by atoms with van der Waals surface area (Å²) in [5, 5.41) is 3.04. The molecule has 21 heavy (non-hydrogen) atoms. The van der Waals surface area contributed by atoms with Crippen molar-refractivity contribution >= 4 is 11.6 Å². The van der Waals surface area contributed by atoms with E-state index in [1.165, 1.54) is 4.90 Å². The molecule has 7 heteroatoms. The fourth-order valence-electron chi connectivity index (χ4n) is 1.96. The van der Waals surface area contributed by atoms with E-state index in [1.807, 2.05) is 13.8 Å². The Kier molecular flexibility index (Phi) is 6.23. The minimum Gasteiger partial charge on any atom is -0.370 e. The van der Waals surface area contributed by atoms with E-state index in [9.17, 15) is 13.2 Å². The zero-order chi connectivity index (χ0) is 16.0. The van der Waals surface area contributed by atoms with Crippen LogP contribution in [0.1, 0.15) is 39.9 Å². The Bertz CT molecular complexity index is 422. The van der Waals surface area contributed by atoms with Crippen molar-refractivity contribution in [1.29, 1.82) is 0 Å². The topological polar surface area (TPSA) is 41.1 Å². The Labute approximate surface area is 123 Å². The van der Waals surface area contributed by atoms with Crippen LogP contribution in [0, 0.1) is 0 Å². The highest BCUT2D eigenvalue weighted by Crippen LogP contribution is 2.24. The molecule has 0 radical (unpaired) electrons. The number of aryl methyl sites for hydroxylation is 1. The summed E-state index contributed by atoms with van der Waals surface area (Å²) in [4.78, 5) is 9.86. The SMILES string of the molecule is CCCc1nc(NCC)cc(N(CC(F)(F)F)C(C)C)n1. The van der Waals surface area contributed by atoms with Crippen LogP contribution < -0.4 is 10.2 Å².